The zero-order valence-electron chi connectivity index (χ0n) is 15.6. The number of methoxy groups -OCH3 is 1. The molecule has 0 aromatic heterocycles. The molecular formula is C23H18O6. The van der Waals surface area contributed by atoms with E-state index in [0.717, 1.165) is 5.56 Å². The van der Waals surface area contributed by atoms with E-state index in [9.17, 15) is 15.0 Å². The summed E-state index contributed by atoms with van der Waals surface area (Å²) in [5, 5.41) is 19.5. The summed E-state index contributed by atoms with van der Waals surface area (Å²) in [6, 6.07) is 17.7. The Morgan fingerprint density at radius 2 is 1.79 bits per heavy atom. The first kappa shape index (κ1) is 18.4. The van der Waals surface area contributed by atoms with Gasteiger partial charge in [0.1, 0.15) is 6.61 Å². The number of fused-ring (bicyclic) bond motifs is 1. The molecule has 0 saturated carbocycles. The van der Waals surface area contributed by atoms with Crippen LogP contribution in [0.3, 0.4) is 0 Å². The number of ketones is 1. The molecule has 0 aliphatic carbocycles. The van der Waals surface area contributed by atoms with Crippen LogP contribution in [0.15, 0.2) is 66.4 Å². The van der Waals surface area contributed by atoms with E-state index in [4.69, 9.17) is 14.2 Å². The topological polar surface area (TPSA) is 85.2 Å². The summed E-state index contributed by atoms with van der Waals surface area (Å²) in [5.74, 6) is -0.0989. The van der Waals surface area contributed by atoms with E-state index in [2.05, 4.69) is 0 Å². The van der Waals surface area contributed by atoms with E-state index in [1.54, 1.807) is 24.3 Å². The molecule has 0 radical (unpaired) electrons. The molecule has 6 heteroatoms. The molecule has 1 heterocycles. The molecule has 3 aromatic rings. The Hall–Kier alpha value is -3.93. The third kappa shape index (κ3) is 3.60. The number of hydrogen-bond acceptors (Lipinski definition) is 6. The molecule has 0 fully saturated rings. The minimum absolute atomic E-state index is 0.0425. The fourth-order valence-corrected chi connectivity index (χ4v) is 3.01. The summed E-state index contributed by atoms with van der Waals surface area (Å²) >= 11 is 0. The lowest BCUT2D eigenvalue weighted by Gasteiger charge is -2.11. The van der Waals surface area contributed by atoms with Gasteiger partial charge in [0, 0.05) is 0 Å². The number of carbonyl (C=O) groups is 1. The van der Waals surface area contributed by atoms with Crippen LogP contribution in [-0.4, -0.2) is 23.1 Å². The fraction of sp³-hybridized carbons (Fsp3) is 0.0870. The van der Waals surface area contributed by atoms with Gasteiger partial charge in [-0.25, -0.2) is 0 Å². The van der Waals surface area contributed by atoms with E-state index in [1.165, 1.54) is 19.2 Å². The number of benzene rings is 3. The van der Waals surface area contributed by atoms with Crippen molar-refractivity contribution in [1.82, 2.24) is 0 Å². The van der Waals surface area contributed by atoms with Gasteiger partial charge in [-0.05, 0) is 41.5 Å². The molecule has 0 unspecified atom stereocenters. The number of ether oxygens (including phenoxy) is 3. The fourth-order valence-electron chi connectivity index (χ4n) is 3.01. The highest BCUT2D eigenvalue weighted by Gasteiger charge is 2.31. The first-order valence-electron chi connectivity index (χ1n) is 8.91. The highest BCUT2D eigenvalue weighted by atomic mass is 16.5. The second kappa shape index (κ2) is 7.59. The lowest BCUT2D eigenvalue weighted by atomic mass is 10.1. The van der Waals surface area contributed by atoms with Gasteiger partial charge in [0.25, 0.3) is 0 Å². The molecule has 29 heavy (non-hydrogen) atoms. The van der Waals surface area contributed by atoms with Gasteiger partial charge in [0.2, 0.25) is 11.5 Å². The Kier molecular flexibility index (Phi) is 4.83. The van der Waals surface area contributed by atoms with Gasteiger partial charge in [-0.3, -0.25) is 4.79 Å². The monoisotopic (exact) mass is 390 g/mol. The first-order chi connectivity index (χ1) is 14.1. The molecule has 6 nitrogen and oxygen atoms in total. The Morgan fingerprint density at radius 3 is 2.55 bits per heavy atom. The molecule has 3 aromatic carbocycles. The van der Waals surface area contributed by atoms with Crippen LogP contribution in [0, 0.1) is 0 Å². The van der Waals surface area contributed by atoms with Crippen molar-refractivity contribution >= 4 is 11.9 Å². The lowest BCUT2D eigenvalue weighted by molar-refractivity contribution is 0.101. The van der Waals surface area contributed by atoms with Gasteiger partial charge in [0.05, 0.1) is 12.7 Å². The number of rotatable bonds is 5. The number of allylic oxidation sites excluding steroid dienone is 1. The van der Waals surface area contributed by atoms with Crippen LogP contribution in [0.4, 0.5) is 0 Å². The van der Waals surface area contributed by atoms with Crippen molar-refractivity contribution < 1.29 is 29.2 Å². The van der Waals surface area contributed by atoms with Crippen molar-refractivity contribution in [2.24, 2.45) is 0 Å². The second-order valence-corrected chi connectivity index (χ2v) is 6.43. The third-order valence-corrected chi connectivity index (χ3v) is 4.51. The maximum absolute atomic E-state index is 12.5. The molecule has 0 bridgehead atoms. The average molecular weight is 390 g/mol. The summed E-state index contributed by atoms with van der Waals surface area (Å²) in [7, 11) is 1.54. The minimum atomic E-state index is -0.457. The molecule has 1 aliphatic rings. The van der Waals surface area contributed by atoms with Crippen molar-refractivity contribution in [2.75, 3.05) is 7.11 Å². The number of hydrogen-bond donors (Lipinski definition) is 2. The van der Waals surface area contributed by atoms with E-state index in [1.807, 2.05) is 30.3 Å². The summed E-state index contributed by atoms with van der Waals surface area (Å²) < 4.78 is 16.7. The van der Waals surface area contributed by atoms with Gasteiger partial charge < -0.3 is 24.4 Å². The number of aromatic hydroxyl groups is 2. The summed E-state index contributed by atoms with van der Waals surface area (Å²) in [4.78, 5) is 12.5. The summed E-state index contributed by atoms with van der Waals surface area (Å²) in [6.07, 6.45) is 1.54. The van der Waals surface area contributed by atoms with Gasteiger partial charge in [-0.15, -0.1) is 0 Å². The Morgan fingerprint density at radius 1 is 1.00 bits per heavy atom. The number of carbonyl (C=O) groups excluding carboxylic acids is 1. The maximum Gasteiger partial charge on any atom is 0.232 e. The zero-order valence-corrected chi connectivity index (χ0v) is 15.6. The maximum atomic E-state index is 12.5. The summed E-state index contributed by atoms with van der Waals surface area (Å²) in [6.45, 7) is 0.400. The van der Waals surface area contributed by atoms with E-state index in [0.29, 0.717) is 23.7 Å². The van der Waals surface area contributed by atoms with Crippen LogP contribution in [0.25, 0.3) is 6.08 Å². The standard InChI is InChI=1S/C23H18O6/c1-27-19-11-15(7-10-18(19)28-13-14-5-3-2-4-6-14)12-20-21(25)16-8-9-17(24)22(26)23(16)29-20/h2-12,24,26H,13H2,1H3. The summed E-state index contributed by atoms with van der Waals surface area (Å²) in [5.41, 5.74) is 1.89. The molecule has 0 saturated heterocycles. The number of phenols is 2. The number of Topliss-reactive ketones (excluding diaryl/α,β-unsaturated/α-hetero) is 1. The van der Waals surface area contributed by atoms with Crippen LogP contribution >= 0.6 is 0 Å². The molecule has 0 spiro atoms. The van der Waals surface area contributed by atoms with E-state index < -0.39 is 5.75 Å². The Labute approximate surface area is 167 Å². The van der Waals surface area contributed by atoms with E-state index in [-0.39, 0.29) is 28.6 Å². The molecule has 146 valence electrons. The smallest absolute Gasteiger partial charge is 0.232 e. The first-order valence-corrected chi connectivity index (χ1v) is 8.91. The molecular weight excluding hydrogens is 372 g/mol. The quantitative estimate of drug-likeness (QED) is 0.499. The van der Waals surface area contributed by atoms with Crippen molar-refractivity contribution in [3.05, 3.63) is 83.1 Å². The second-order valence-electron chi connectivity index (χ2n) is 6.43. The average Bonchev–Trinajstić information content (AvgIpc) is 3.06. The van der Waals surface area contributed by atoms with Crippen LogP contribution in [0.1, 0.15) is 21.5 Å². The molecule has 0 amide bonds. The molecule has 4 rings (SSSR count). The third-order valence-electron chi connectivity index (χ3n) is 4.51. The molecule has 2 N–H and O–H groups in total. The van der Waals surface area contributed by atoms with Crippen LogP contribution in [-0.2, 0) is 6.61 Å². The number of phenolic OH excluding ortho intramolecular Hbond substituents is 2. The van der Waals surface area contributed by atoms with Crippen molar-refractivity contribution in [1.29, 1.82) is 0 Å². The highest BCUT2D eigenvalue weighted by Crippen LogP contribution is 2.44. The van der Waals surface area contributed by atoms with Crippen LogP contribution in [0.5, 0.6) is 28.7 Å². The Balaban J connectivity index is 1.57. The van der Waals surface area contributed by atoms with Gasteiger partial charge in [-0.1, -0.05) is 36.4 Å². The lowest BCUT2D eigenvalue weighted by Crippen LogP contribution is -1.99. The van der Waals surface area contributed by atoms with Crippen LogP contribution in [0.2, 0.25) is 0 Å². The van der Waals surface area contributed by atoms with Gasteiger partial charge in [-0.2, -0.15) is 0 Å². The normalized spacial score (nSPS) is 13.8. The molecule has 0 atom stereocenters. The predicted octanol–water partition coefficient (Wildman–Crippen LogP) is 4.30. The Bertz CT molecular complexity index is 1100. The van der Waals surface area contributed by atoms with Crippen LogP contribution < -0.4 is 14.2 Å². The minimum Gasteiger partial charge on any atom is -0.504 e. The molecule has 1 aliphatic heterocycles. The van der Waals surface area contributed by atoms with Gasteiger partial charge >= 0.3 is 0 Å². The zero-order chi connectivity index (χ0) is 20.4. The van der Waals surface area contributed by atoms with Crippen molar-refractivity contribution in [3.63, 3.8) is 0 Å². The SMILES string of the molecule is COc1cc(C=C2Oc3c(ccc(O)c3O)C2=O)ccc1OCc1ccccc1. The predicted molar refractivity (Wildman–Crippen MR) is 106 cm³/mol. The largest absolute Gasteiger partial charge is 0.504 e. The highest BCUT2D eigenvalue weighted by molar-refractivity contribution is 6.15. The van der Waals surface area contributed by atoms with Crippen molar-refractivity contribution in [2.45, 2.75) is 6.61 Å². The van der Waals surface area contributed by atoms with E-state index >= 15 is 0 Å². The van der Waals surface area contributed by atoms with Gasteiger partial charge in [0.15, 0.2) is 28.8 Å². The van der Waals surface area contributed by atoms with Crippen molar-refractivity contribution in [3.8, 4) is 28.7 Å².